The highest BCUT2D eigenvalue weighted by Crippen LogP contribution is 2.31. The maximum Gasteiger partial charge on any atom is 0.217 e. The van der Waals surface area contributed by atoms with Crippen LogP contribution in [0.15, 0.2) is 18.2 Å². The first-order valence-corrected chi connectivity index (χ1v) is 7.19. The van der Waals surface area contributed by atoms with E-state index >= 15 is 0 Å². The highest BCUT2D eigenvalue weighted by atomic mass is 35.5. The number of piperidine rings is 1. The summed E-state index contributed by atoms with van der Waals surface area (Å²) in [6.07, 6.45) is 2.34. The molecule has 108 valence electrons. The molecule has 2 rings (SSSR count). The number of carbonyl (C=O) groups is 2. The molecular weight excluding hydrogens is 276 g/mol. The molecule has 0 atom stereocenters. The molecule has 1 aliphatic rings. The van der Waals surface area contributed by atoms with E-state index in [1.165, 1.54) is 6.92 Å². The van der Waals surface area contributed by atoms with E-state index in [-0.39, 0.29) is 11.7 Å². The monoisotopic (exact) mass is 294 g/mol. The number of nitrogens with two attached hydrogens (primary N) is 1. The Hall–Kier alpha value is -1.55. The summed E-state index contributed by atoms with van der Waals surface area (Å²) in [4.78, 5) is 24.4. The van der Waals surface area contributed by atoms with Crippen LogP contribution < -0.4 is 10.6 Å². The molecule has 5 heteroatoms. The third-order valence-electron chi connectivity index (χ3n) is 3.80. The number of ketones is 1. The topological polar surface area (TPSA) is 63.4 Å². The third-order valence-corrected chi connectivity index (χ3v) is 4.10. The number of hydrogen-bond acceptors (Lipinski definition) is 3. The van der Waals surface area contributed by atoms with Crippen molar-refractivity contribution in [2.75, 3.05) is 18.0 Å². The fraction of sp³-hybridized carbons (Fsp3) is 0.467. The predicted molar refractivity (Wildman–Crippen MR) is 80.2 cm³/mol. The van der Waals surface area contributed by atoms with Crippen LogP contribution in [-0.2, 0) is 4.79 Å². The Morgan fingerprint density at radius 2 is 2.00 bits per heavy atom. The molecule has 1 aliphatic heterocycles. The smallest absolute Gasteiger partial charge is 0.217 e. The van der Waals surface area contributed by atoms with Gasteiger partial charge in [-0.1, -0.05) is 11.6 Å². The van der Waals surface area contributed by atoms with Crippen molar-refractivity contribution in [2.45, 2.75) is 26.2 Å². The molecule has 0 saturated carbocycles. The first kappa shape index (κ1) is 14.9. The van der Waals surface area contributed by atoms with Crippen molar-refractivity contribution in [3.05, 3.63) is 28.8 Å². The van der Waals surface area contributed by atoms with Gasteiger partial charge in [-0.2, -0.15) is 0 Å². The minimum atomic E-state index is -0.229. The van der Waals surface area contributed by atoms with Crippen molar-refractivity contribution in [1.82, 2.24) is 0 Å². The average molecular weight is 295 g/mol. The number of anilines is 1. The largest absolute Gasteiger partial charge is 0.370 e. The van der Waals surface area contributed by atoms with E-state index in [4.69, 9.17) is 17.3 Å². The van der Waals surface area contributed by atoms with E-state index in [1.807, 2.05) is 6.07 Å². The number of benzene rings is 1. The van der Waals surface area contributed by atoms with Crippen LogP contribution in [0.1, 0.15) is 36.5 Å². The lowest BCUT2D eigenvalue weighted by Gasteiger charge is -2.33. The second-order valence-corrected chi connectivity index (χ2v) is 5.73. The summed E-state index contributed by atoms with van der Waals surface area (Å²) in [5, 5.41) is 0.603. The minimum Gasteiger partial charge on any atom is -0.370 e. The Morgan fingerprint density at radius 3 is 2.50 bits per heavy atom. The van der Waals surface area contributed by atoms with Crippen molar-refractivity contribution in [3.8, 4) is 0 Å². The molecule has 2 N–H and O–H groups in total. The van der Waals surface area contributed by atoms with E-state index in [9.17, 15) is 9.59 Å². The molecule has 0 aromatic heterocycles. The Labute approximate surface area is 123 Å². The lowest BCUT2D eigenvalue weighted by molar-refractivity contribution is -0.119. The molecule has 0 aliphatic carbocycles. The average Bonchev–Trinajstić information content (AvgIpc) is 2.39. The predicted octanol–water partition coefficient (Wildman–Crippen LogP) is 2.63. The van der Waals surface area contributed by atoms with Crippen LogP contribution in [0.5, 0.6) is 0 Å². The first-order valence-electron chi connectivity index (χ1n) is 6.81. The van der Waals surface area contributed by atoms with Gasteiger partial charge in [-0.3, -0.25) is 9.59 Å². The summed E-state index contributed by atoms with van der Waals surface area (Å²) in [7, 11) is 0. The van der Waals surface area contributed by atoms with Crippen LogP contribution in [0.3, 0.4) is 0 Å². The number of Topliss-reactive ketones (excluding diaryl/α,β-unsaturated/α-hetero) is 1. The Morgan fingerprint density at radius 1 is 1.35 bits per heavy atom. The first-order chi connectivity index (χ1) is 9.47. The van der Waals surface area contributed by atoms with Gasteiger partial charge in [0.15, 0.2) is 5.78 Å². The normalized spacial score (nSPS) is 16.2. The number of rotatable bonds is 4. The number of amides is 1. The van der Waals surface area contributed by atoms with Crippen LogP contribution in [0, 0.1) is 5.92 Å². The van der Waals surface area contributed by atoms with Crippen molar-refractivity contribution >= 4 is 29.0 Å². The molecule has 1 aromatic rings. The number of nitrogens with zero attached hydrogens (tertiary/aromatic N) is 1. The van der Waals surface area contributed by atoms with Crippen LogP contribution in [0.2, 0.25) is 5.02 Å². The van der Waals surface area contributed by atoms with Gasteiger partial charge >= 0.3 is 0 Å². The SMILES string of the molecule is CC(=O)c1ccc(N2CCC(CC(N)=O)CC2)c(Cl)c1. The maximum absolute atomic E-state index is 11.3. The fourth-order valence-electron chi connectivity index (χ4n) is 2.64. The van der Waals surface area contributed by atoms with E-state index < -0.39 is 0 Å². The quantitative estimate of drug-likeness (QED) is 0.868. The number of hydrogen-bond donors (Lipinski definition) is 1. The van der Waals surface area contributed by atoms with Crippen molar-refractivity contribution in [1.29, 1.82) is 0 Å². The van der Waals surface area contributed by atoms with E-state index in [0.717, 1.165) is 31.6 Å². The van der Waals surface area contributed by atoms with Crippen molar-refractivity contribution in [2.24, 2.45) is 11.7 Å². The fourth-order valence-corrected chi connectivity index (χ4v) is 2.94. The molecule has 0 spiro atoms. The van der Waals surface area contributed by atoms with Gasteiger partial charge in [0.2, 0.25) is 5.91 Å². The summed E-state index contributed by atoms with van der Waals surface area (Å²) in [5.74, 6) is 0.157. The van der Waals surface area contributed by atoms with Gasteiger partial charge in [0.05, 0.1) is 10.7 Å². The summed E-state index contributed by atoms with van der Waals surface area (Å²) in [5.41, 5.74) is 6.81. The van der Waals surface area contributed by atoms with Gasteiger partial charge in [-0.15, -0.1) is 0 Å². The number of halogens is 1. The lowest BCUT2D eigenvalue weighted by atomic mass is 9.93. The summed E-state index contributed by atoms with van der Waals surface area (Å²) in [6.45, 7) is 3.24. The molecule has 20 heavy (non-hydrogen) atoms. The van der Waals surface area contributed by atoms with Crippen LogP contribution in [0.25, 0.3) is 0 Å². The third kappa shape index (κ3) is 3.51. The van der Waals surface area contributed by atoms with Gasteiger partial charge in [0, 0.05) is 25.1 Å². The molecular formula is C15H19ClN2O2. The van der Waals surface area contributed by atoms with Gasteiger partial charge in [0.25, 0.3) is 0 Å². The van der Waals surface area contributed by atoms with Crippen LogP contribution >= 0.6 is 11.6 Å². The highest BCUT2D eigenvalue weighted by molar-refractivity contribution is 6.33. The highest BCUT2D eigenvalue weighted by Gasteiger charge is 2.22. The number of carbonyl (C=O) groups excluding carboxylic acids is 2. The van der Waals surface area contributed by atoms with Gasteiger partial charge < -0.3 is 10.6 Å². The maximum atomic E-state index is 11.3. The Kier molecular flexibility index (Phi) is 4.65. The van der Waals surface area contributed by atoms with Gasteiger partial charge in [-0.25, -0.2) is 0 Å². The molecule has 1 heterocycles. The van der Waals surface area contributed by atoms with Crippen LogP contribution in [-0.4, -0.2) is 24.8 Å². The minimum absolute atomic E-state index is 0.0126. The molecule has 1 aromatic carbocycles. The second kappa shape index (κ2) is 6.27. The molecule has 0 bridgehead atoms. The lowest BCUT2D eigenvalue weighted by Crippen LogP contribution is -2.35. The van der Waals surface area contributed by atoms with Crippen molar-refractivity contribution < 1.29 is 9.59 Å². The number of primary amides is 1. The Bertz CT molecular complexity index is 523. The van der Waals surface area contributed by atoms with E-state index in [2.05, 4.69) is 4.90 Å². The van der Waals surface area contributed by atoms with E-state index in [1.54, 1.807) is 12.1 Å². The summed E-state index contributed by atoms with van der Waals surface area (Å²) < 4.78 is 0. The van der Waals surface area contributed by atoms with Crippen molar-refractivity contribution in [3.63, 3.8) is 0 Å². The molecule has 1 amide bonds. The van der Waals surface area contributed by atoms with Gasteiger partial charge in [0.1, 0.15) is 0 Å². The zero-order chi connectivity index (χ0) is 14.7. The van der Waals surface area contributed by atoms with Crippen LogP contribution in [0.4, 0.5) is 5.69 Å². The zero-order valence-electron chi connectivity index (χ0n) is 11.6. The second-order valence-electron chi connectivity index (χ2n) is 5.32. The van der Waals surface area contributed by atoms with E-state index in [0.29, 0.717) is 22.9 Å². The zero-order valence-corrected chi connectivity index (χ0v) is 12.3. The Balaban J connectivity index is 2.03. The molecule has 4 nitrogen and oxygen atoms in total. The molecule has 1 fully saturated rings. The molecule has 0 unspecified atom stereocenters. The molecule has 1 saturated heterocycles. The summed E-state index contributed by atoms with van der Waals surface area (Å²) >= 11 is 6.26. The summed E-state index contributed by atoms with van der Waals surface area (Å²) in [6, 6.07) is 5.42. The van der Waals surface area contributed by atoms with Gasteiger partial charge in [-0.05, 0) is 43.9 Å². The standard InChI is InChI=1S/C15H19ClN2O2/c1-10(19)12-2-3-14(13(16)9-12)18-6-4-11(5-7-18)8-15(17)20/h2-3,9,11H,4-8H2,1H3,(H2,17,20). The molecule has 0 radical (unpaired) electrons.